The van der Waals surface area contributed by atoms with Crippen molar-refractivity contribution in [3.63, 3.8) is 0 Å². The van der Waals surface area contributed by atoms with Crippen LogP contribution in [-0.4, -0.2) is 5.60 Å². The predicted molar refractivity (Wildman–Crippen MR) is 56.9 cm³/mol. The van der Waals surface area contributed by atoms with E-state index in [-0.39, 0.29) is 0 Å². The highest BCUT2D eigenvalue weighted by molar-refractivity contribution is 5.62. The Morgan fingerprint density at radius 1 is 0.947 bits per heavy atom. The van der Waals surface area contributed by atoms with E-state index in [2.05, 4.69) is 0 Å². The van der Waals surface area contributed by atoms with Gasteiger partial charge in [-0.15, -0.1) is 0 Å². The second-order valence-corrected chi connectivity index (χ2v) is 4.65. The average molecular weight is 284 g/mol. The zero-order valence-corrected chi connectivity index (χ0v) is 10.3. The fourth-order valence-electron chi connectivity index (χ4n) is 1.25. The van der Waals surface area contributed by atoms with Gasteiger partial charge in [0.25, 0.3) is 0 Å². The molecule has 0 unspecified atom stereocenters. The highest BCUT2D eigenvalue weighted by Crippen LogP contribution is 2.33. The van der Waals surface area contributed by atoms with Crippen molar-refractivity contribution in [2.24, 2.45) is 0 Å². The summed E-state index contributed by atoms with van der Waals surface area (Å²) in [4.78, 5) is 0. The molecule has 0 saturated carbocycles. The van der Waals surface area contributed by atoms with Crippen LogP contribution in [0.4, 0.5) is 26.3 Å². The van der Waals surface area contributed by atoms with Crippen LogP contribution < -0.4 is 4.74 Å². The molecule has 7 heteroatoms. The van der Waals surface area contributed by atoms with Gasteiger partial charge in [0.05, 0.1) is 5.56 Å². The molecular weight excluding hydrogens is 274 g/mol. The van der Waals surface area contributed by atoms with Crippen LogP contribution in [0.5, 0.6) is 5.75 Å². The summed E-state index contributed by atoms with van der Waals surface area (Å²) < 4.78 is 81.8. The minimum Gasteiger partial charge on any atom is -0.485 e. The Morgan fingerprint density at radius 3 is 1.89 bits per heavy atom. The lowest BCUT2D eigenvalue weighted by Gasteiger charge is -2.22. The van der Waals surface area contributed by atoms with Gasteiger partial charge in [0.1, 0.15) is 5.60 Å². The molecule has 0 amide bonds. The molecule has 1 aromatic carbocycles. The first-order valence-electron chi connectivity index (χ1n) is 5.12. The molecule has 1 aromatic rings. The van der Waals surface area contributed by atoms with E-state index in [4.69, 9.17) is 4.74 Å². The van der Waals surface area contributed by atoms with E-state index in [9.17, 15) is 26.3 Å². The van der Waals surface area contributed by atoms with Gasteiger partial charge in [-0.1, -0.05) is 0 Å². The van der Waals surface area contributed by atoms with Gasteiger partial charge in [0.2, 0.25) is 5.82 Å². The van der Waals surface area contributed by atoms with Crippen LogP contribution in [0.3, 0.4) is 0 Å². The van der Waals surface area contributed by atoms with Crippen molar-refractivity contribution in [1.82, 2.24) is 0 Å². The van der Waals surface area contributed by atoms with E-state index >= 15 is 0 Å². The van der Waals surface area contributed by atoms with Gasteiger partial charge in [0, 0.05) is 0 Å². The standard InChI is InChI=1S/C12H10F6O/c1-12(2,3)19-6-4-5(8(14)11(17)18)7(13)10(16)9(6)15/h4H,1-3H3. The molecule has 0 aliphatic carbocycles. The summed E-state index contributed by atoms with van der Waals surface area (Å²) >= 11 is 0. The molecule has 1 nitrogen and oxygen atoms in total. The average Bonchev–Trinajstić information content (AvgIpc) is 2.27. The minimum absolute atomic E-state index is 0.355. The number of rotatable bonds is 2. The van der Waals surface area contributed by atoms with Crippen molar-refractivity contribution in [3.8, 4) is 5.75 Å². The largest absolute Gasteiger partial charge is 0.485 e. The Morgan fingerprint density at radius 2 is 1.47 bits per heavy atom. The highest BCUT2D eigenvalue weighted by atomic mass is 19.3. The Kier molecular flexibility index (Phi) is 4.17. The smallest absolute Gasteiger partial charge is 0.306 e. The maximum atomic E-state index is 13.4. The number of ether oxygens (including phenoxy) is 1. The van der Waals surface area contributed by atoms with Gasteiger partial charge in [-0.2, -0.15) is 13.2 Å². The number of halogens is 6. The first kappa shape index (κ1) is 15.4. The Hall–Kier alpha value is -1.66. The monoisotopic (exact) mass is 284 g/mol. The van der Waals surface area contributed by atoms with Crippen LogP contribution in [0.2, 0.25) is 0 Å². The normalized spacial score (nSPS) is 11.4. The molecule has 0 bridgehead atoms. The molecular formula is C12H10F6O. The summed E-state index contributed by atoms with van der Waals surface area (Å²) in [6.07, 6.45) is -2.84. The zero-order valence-electron chi connectivity index (χ0n) is 10.3. The maximum absolute atomic E-state index is 13.4. The molecule has 0 aliphatic heterocycles. The SMILES string of the molecule is CC(C)(C)Oc1cc(C(F)=C(F)F)c(F)c(F)c1F. The van der Waals surface area contributed by atoms with Crippen LogP contribution in [0.15, 0.2) is 12.1 Å². The quantitative estimate of drug-likeness (QED) is 0.559. The van der Waals surface area contributed by atoms with Gasteiger partial charge in [-0.25, -0.2) is 13.2 Å². The summed E-state index contributed by atoms with van der Waals surface area (Å²) in [5.74, 6) is -8.94. The van der Waals surface area contributed by atoms with E-state index in [1.54, 1.807) is 0 Å². The molecule has 0 aliphatic rings. The molecule has 19 heavy (non-hydrogen) atoms. The summed E-state index contributed by atoms with van der Waals surface area (Å²) in [7, 11) is 0. The Balaban J connectivity index is 3.48. The summed E-state index contributed by atoms with van der Waals surface area (Å²) in [5.41, 5.74) is -2.39. The molecule has 1 rings (SSSR count). The third-order valence-corrected chi connectivity index (χ3v) is 1.93. The lowest BCUT2D eigenvalue weighted by Crippen LogP contribution is -2.24. The fraction of sp³-hybridized carbons (Fsp3) is 0.333. The number of hydrogen-bond donors (Lipinski definition) is 0. The Labute approximate surface area is 105 Å². The fourth-order valence-corrected chi connectivity index (χ4v) is 1.25. The van der Waals surface area contributed by atoms with E-state index in [0.29, 0.717) is 6.07 Å². The van der Waals surface area contributed by atoms with Crippen LogP contribution in [0.25, 0.3) is 5.83 Å². The van der Waals surface area contributed by atoms with E-state index in [1.807, 2.05) is 0 Å². The molecule has 0 aromatic heterocycles. The maximum Gasteiger partial charge on any atom is 0.306 e. The minimum atomic E-state index is -2.84. The molecule has 0 heterocycles. The van der Waals surface area contributed by atoms with Crippen molar-refractivity contribution < 1.29 is 31.1 Å². The van der Waals surface area contributed by atoms with Crippen molar-refractivity contribution in [3.05, 3.63) is 35.2 Å². The van der Waals surface area contributed by atoms with Gasteiger partial charge in [-0.3, -0.25) is 0 Å². The zero-order chi connectivity index (χ0) is 15.0. The van der Waals surface area contributed by atoms with Crippen LogP contribution in [-0.2, 0) is 0 Å². The molecule has 0 N–H and O–H groups in total. The second-order valence-electron chi connectivity index (χ2n) is 4.65. The topological polar surface area (TPSA) is 9.23 Å². The summed E-state index contributed by atoms with van der Waals surface area (Å²) in [6, 6.07) is 0.355. The Bertz CT molecular complexity index is 526. The van der Waals surface area contributed by atoms with Crippen LogP contribution in [0.1, 0.15) is 26.3 Å². The van der Waals surface area contributed by atoms with Gasteiger partial charge < -0.3 is 4.74 Å². The van der Waals surface area contributed by atoms with Crippen molar-refractivity contribution >= 4 is 5.83 Å². The number of hydrogen-bond acceptors (Lipinski definition) is 1. The van der Waals surface area contributed by atoms with E-state index in [0.717, 1.165) is 0 Å². The number of benzene rings is 1. The van der Waals surface area contributed by atoms with E-state index < -0.39 is 46.3 Å². The summed E-state index contributed by atoms with van der Waals surface area (Å²) in [5, 5.41) is 0. The van der Waals surface area contributed by atoms with Crippen LogP contribution in [0, 0.1) is 17.5 Å². The lowest BCUT2D eigenvalue weighted by molar-refractivity contribution is 0.122. The third kappa shape index (κ3) is 3.42. The molecule has 0 fully saturated rings. The summed E-state index contributed by atoms with van der Waals surface area (Å²) in [6.45, 7) is 4.40. The highest BCUT2D eigenvalue weighted by Gasteiger charge is 2.26. The van der Waals surface area contributed by atoms with Gasteiger partial charge in [-0.05, 0) is 26.8 Å². The van der Waals surface area contributed by atoms with E-state index in [1.165, 1.54) is 20.8 Å². The molecule has 0 saturated heterocycles. The van der Waals surface area contributed by atoms with Gasteiger partial charge in [0.15, 0.2) is 23.2 Å². The van der Waals surface area contributed by atoms with Crippen molar-refractivity contribution in [1.29, 1.82) is 0 Å². The first-order chi connectivity index (χ1) is 8.54. The van der Waals surface area contributed by atoms with Gasteiger partial charge >= 0.3 is 6.08 Å². The van der Waals surface area contributed by atoms with Crippen molar-refractivity contribution in [2.75, 3.05) is 0 Å². The van der Waals surface area contributed by atoms with Crippen molar-refractivity contribution in [2.45, 2.75) is 26.4 Å². The molecule has 0 spiro atoms. The second kappa shape index (κ2) is 5.14. The first-order valence-corrected chi connectivity index (χ1v) is 5.12. The lowest BCUT2D eigenvalue weighted by atomic mass is 10.1. The molecule has 0 radical (unpaired) electrons. The molecule has 0 atom stereocenters. The predicted octanol–water partition coefficient (Wildman–Crippen LogP) is 4.82. The van der Waals surface area contributed by atoms with Crippen LogP contribution >= 0.6 is 0 Å². The molecule has 106 valence electrons. The third-order valence-electron chi connectivity index (χ3n) is 1.93.